The molecule has 0 fully saturated rings. The van der Waals surface area contributed by atoms with Gasteiger partial charge in [-0.2, -0.15) is 0 Å². The van der Waals surface area contributed by atoms with Crippen LogP contribution in [0.1, 0.15) is 245 Å². The Hall–Kier alpha value is -4.74. The number of carbonyl (C=O) groups is 4. The molecular weight excluding hydrogens is 911 g/mol. The summed E-state index contributed by atoms with van der Waals surface area (Å²) in [4.78, 5) is 62.3. The van der Waals surface area contributed by atoms with Gasteiger partial charge in [0, 0.05) is 31.4 Å². The molecule has 0 heterocycles. The summed E-state index contributed by atoms with van der Waals surface area (Å²) < 4.78 is 27.8. The highest BCUT2D eigenvalue weighted by molar-refractivity contribution is 5.71. The van der Waals surface area contributed by atoms with Gasteiger partial charge in [0.05, 0.1) is 4.92 Å². The van der Waals surface area contributed by atoms with Crippen molar-refractivity contribution in [2.24, 2.45) is 0 Å². The first-order valence-electron chi connectivity index (χ1n) is 28.4. The molecule has 0 N–H and O–H groups in total. The molecule has 0 amide bonds. The van der Waals surface area contributed by atoms with E-state index in [0.717, 1.165) is 116 Å². The highest BCUT2D eigenvalue weighted by Crippen LogP contribution is 2.21. The number of carbonyl (C=O) groups excluding carboxylic acids is 4. The highest BCUT2D eigenvalue weighted by atomic mass is 16.7. The molecule has 0 spiro atoms. The Kier molecular flexibility index (Phi) is 44.0. The molecule has 1 unspecified atom stereocenters. The van der Waals surface area contributed by atoms with Crippen molar-refractivity contribution in [2.75, 3.05) is 13.2 Å². The van der Waals surface area contributed by atoms with Gasteiger partial charge in [-0.1, -0.05) is 179 Å². The minimum absolute atomic E-state index is 0.0914. The monoisotopic (exact) mass is 1010 g/mol. The molecule has 1 rings (SSSR count). The van der Waals surface area contributed by atoms with Crippen LogP contribution < -0.4 is 4.74 Å². The third kappa shape index (κ3) is 41.8. The maximum Gasteiger partial charge on any atom is 0.514 e. The van der Waals surface area contributed by atoms with Crippen molar-refractivity contribution >= 4 is 29.8 Å². The Labute approximate surface area is 435 Å². The van der Waals surface area contributed by atoms with Crippen molar-refractivity contribution < 1.29 is 47.8 Å². The van der Waals surface area contributed by atoms with E-state index in [1.54, 1.807) is 0 Å². The predicted molar refractivity (Wildman–Crippen MR) is 291 cm³/mol. The lowest BCUT2D eigenvalue weighted by atomic mass is 10.0. The molecule has 1 aromatic carbocycles. The van der Waals surface area contributed by atoms with Crippen molar-refractivity contribution in [1.29, 1.82) is 0 Å². The standard InChI is InChI=1S/C60H97NO11/c1-4-7-10-13-16-19-21-23-25-27-29-31-34-37-40-43-57(62)68-51-56(52-69-58(63)44-41-38-35-32-30-28-26-24-22-20-17-14-11-8-5-2)70-59(64)50-49-54(42-39-36-33-18-15-12-9-6-3)71-60(65)72-55-47-45-53(46-48-55)61(66)67/h16-17,19-20,23-26,45-48,54,56H,4-15,18,21-22,27-44,49-52H2,1-3H3/b19-16-,20-17-,25-23-,26-24-. The van der Waals surface area contributed by atoms with Crippen LogP contribution in [0, 0.1) is 10.1 Å². The predicted octanol–water partition coefficient (Wildman–Crippen LogP) is 17.4. The number of unbranched alkanes of at least 4 members (excludes halogenated alkanes) is 23. The fourth-order valence-corrected chi connectivity index (χ4v) is 7.98. The van der Waals surface area contributed by atoms with E-state index < -0.39 is 41.2 Å². The van der Waals surface area contributed by atoms with E-state index >= 15 is 0 Å². The van der Waals surface area contributed by atoms with Gasteiger partial charge in [0.25, 0.3) is 5.69 Å². The molecule has 408 valence electrons. The lowest BCUT2D eigenvalue weighted by Gasteiger charge is -2.20. The van der Waals surface area contributed by atoms with Crippen LogP contribution in [0.3, 0.4) is 0 Å². The summed E-state index contributed by atoms with van der Waals surface area (Å²) in [6, 6.07) is 5.10. The quantitative estimate of drug-likeness (QED) is 0.0116. The Bertz CT molecular complexity index is 1570. The summed E-state index contributed by atoms with van der Waals surface area (Å²) in [5, 5.41) is 11.1. The van der Waals surface area contributed by atoms with Gasteiger partial charge in [0.1, 0.15) is 25.1 Å². The summed E-state index contributed by atoms with van der Waals surface area (Å²) in [5.74, 6) is -1.32. The Morgan fingerprint density at radius 3 is 1.32 bits per heavy atom. The zero-order valence-corrected chi connectivity index (χ0v) is 45.2. The van der Waals surface area contributed by atoms with Crippen molar-refractivity contribution in [3.63, 3.8) is 0 Å². The van der Waals surface area contributed by atoms with Crippen molar-refractivity contribution in [3.8, 4) is 5.75 Å². The first-order valence-corrected chi connectivity index (χ1v) is 28.4. The van der Waals surface area contributed by atoms with E-state index in [1.807, 2.05) is 0 Å². The first kappa shape index (κ1) is 65.3. The van der Waals surface area contributed by atoms with Crippen LogP contribution in [0.4, 0.5) is 10.5 Å². The number of nitrogens with zero attached hydrogens (tertiary/aromatic N) is 1. The van der Waals surface area contributed by atoms with Crippen LogP contribution in [0.5, 0.6) is 5.75 Å². The third-order valence-corrected chi connectivity index (χ3v) is 12.4. The van der Waals surface area contributed by atoms with E-state index in [2.05, 4.69) is 69.4 Å². The molecule has 72 heavy (non-hydrogen) atoms. The lowest BCUT2D eigenvalue weighted by molar-refractivity contribution is -0.384. The molecule has 12 nitrogen and oxygen atoms in total. The maximum atomic E-state index is 13.3. The molecule has 0 aromatic heterocycles. The van der Waals surface area contributed by atoms with E-state index in [4.69, 9.17) is 23.7 Å². The summed E-state index contributed by atoms with van der Waals surface area (Å²) in [7, 11) is 0. The molecule has 0 bridgehead atoms. The molecule has 0 radical (unpaired) electrons. The van der Waals surface area contributed by atoms with Gasteiger partial charge in [-0.3, -0.25) is 24.5 Å². The summed E-state index contributed by atoms with van der Waals surface area (Å²) in [6.07, 6.45) is 48.7. The zero-order valence-electron chi connectivity index (χ0n) is 45.2. The molecule has 1 aromatic rings. The number of nitro groups is 1. The number of nitro benzene ring substituents is 1. The van der Waals surface area contributed by atoms with Crippen molar-refractivity contribution in [3.05, 3.63) is 83.0 Å². The fraction of sp³-hybridized carbons (Fsp3) is 0.700. The Morgan fingerprint density at radius 1 is 0.458 bits per heavy atom. The second-order valence-electron chi connectivity index (χ2n) is 19.1. The molecule has 0 aliphatic carbocycles. The van der Waals surface area contributed by atoms with Crippen LogP contribution in [0.2, 0.25) is 0 Å². The number of benzene rings is 1. The van der Waals surface area contributed by atoms with Crippen LogP contribution in [-0.4, -0.2) is 54.4 Å². The average molecular weight is 1010 g/mol. The smallest absolute Gasteiger partial charge is 0.462 e. The summed E-state index contributed by atoms with van der Waals surface area (Å²) >= 11 is 0. The minimum atomic E-state index is -1.00. The van der Waals surface area contributed by atoms with Gasteiger partial charge in [0.15, 0.2) is 6.10 Å². The number of esters is 3. The molecular formula is C60H97NO11. The molecule has 0 saturated heterocycles. The number of non-ortho nitro benzene ring substituents is 1. The average Bonchev–Trinajstić information content (AvgIpc) is 3.37. The van der Waals surface area contributed by atoms with E-state index in [0.29, 0.717) is 19.3 Å². The van der Waals surface area contributed by atoms with Gasteiger partial charge in [-0.05, 0) is 108 Å². The molecule has 0 aliphatic rings. The molecule has 0 saturated carbocycles. The number of hydrogen-bond acceptors (Lipinski definition) is 11. The van der Waals surface area contributed by atoms with Gasteiger partial charge in [-0.25, -0.2) is 4.79 Å². The van der Waals surface area contributed by atoms with E-state index in [1.165, 1.54) is 88.5 Å². The number of rotatable bonds is 48. The largest absolute Gasteiger partial charge is 0.514 e. The summed E-state index contributed by atoms with van der Waals surface area (Å²) in [6.45, 7) is 6.13. The zero-order chi connectivity index (χ0) is 52.4. The maximum absolute atomic E-state index is 13.3. The van der Waals surface area contributed by atoms with Gasteiger partial charge < -0.3 is 23.7 Å². The number of ether oxygens (including phenoxy) is 5. The third-order valence-electron chi connectivity index (χ3n) is 12.4. The van der Waals surface area contributed by atoms with E-state index in [9.17, 15) is 29.3 Å². The van der Waals surface area contributed by atoms with E-state index in [-0.39, 0.29) is 50.3 Å². The number of hydrogen-bond donors (Lipinski definition) is 0. The van der Waals surface area contributed by atoms with Gasteiger partial charge in [-0.15, -0.1) is 0 Å². The van der Waals surface area contributed by atoms with Crippen LogP contribution in [-0.2, 0) is 33.3 Å². The first-order chi connectivity index (χ1) is 35.2. The minimum Gasteiger partial charge on any atom is -0.462 e. The van der Waals surface area contributed by atoms with Crippen molar-refractivity contribution in [1.82, 2.24) is 0 Å². The Balaban J connectivity index is 2.70. The molecule has 1 atom stereocenters. The normalized spacial score (nSPS) is 12.1. The van der Waals surface area contributed by atoms with Crippen LogP contribution in [0.25, 0.3) is 0 Å². The van der Waals surface area contributed by atoms with Gasteiger partial charge >= 0.3 is 24.1 Å². The number of allylic oxidation sites excluding steroid dienone is 8. The summed E-state index contributed by atoms with van der Waals surface area (Å²) in [5.41, 5.74) is -0.140. The van der Waals surface area contributed by atoms with Crippen LogP contribution >= 0.6 is 0 Å². The lowest BCUT2D eigenvalue weighted by Crippen LogP contribution is -2.31. The SMILES string of the molecule is CCCCC/C=C\C/C=C\CCCCCCCC(=O)OCC(COC(=O)CCCCCCC/C=C\C/C=C\CCCCC)OC(=O)CCC(CCCCCCCCCC)OC(=O)Oc1ccc([N+](=O)[O-])cc1. The van der Waals surface area contributed by atoms with Gasteiger partial charge in [0.2, 0.25) is 0 Å². The van der Waals surface area contributed by atoms with Crippen molar-refractivity contribution in [2.45, 2.75) is 258 Å². The molecule has 12 heteroatoms. The topological polar surface area (TPSA) is 158 Å². The van der Waals surface area contributed by atoms with Crippen LogP contribution in [0.15, 0.2) is 72.9 Å². The second kappa shape index (κ2) is 48.5. The second-order valence-corrected chi connectivity index (χ2v) is 19.1. The Morgan fingerprint density at radius 2 is 0.861 bits per heavy atom. The molecule has 0 aliphatic heterocycles. The highest BCUT2D eigenvalue weighted by Gasteiger charge is 2.23. The fourth-order valence-electron chi connectivity index (χ4n) is 7.98.